The van der Waals surface area contributed by atoms with Gasteiger partial charge in [0.05, 0.1) is 23.7 Å². The van der Waals surface area contributed by atoms with Crippen molar-refractivity contribution in [2.75, 3.05) is 26.3 Å². The summed E-state index contributed by atoms with van der Waals surface area (Å²) in [5.74, 6) is -0.644. The number of nitrogens with zero attached hydrogens (tertiary/aromatic N) is 2. The second-order valence-electron chi connectivity index (χ2n) is 5.71. The van der Waals surface area contributed by atoms with Crippen molar-refractivity contribution in [3.63, 3.8) is 0 Å². The Morgan fingerprint density at radius 2 is 1.89 bits per heavy atom. The lowest BCUT2D eigenvalue weighted by Gasteiger charge is -2.29. The Kier molecular flexibility index (Phi) is 6.00. The molecule has 7 nitrogen and oxygen atoms in total. The molecular weight excluding hydrogens is 392 g/mol. The van der Waals surface area contributed by atoms with E-state index >= 15 is 0 Å². The second-order valence-corrected chi connectivity index (χ2v) is 6.53. The molecule has 1 fully saturated rings. The normalized spacial score (nSPS) is 13.9. The van der Waals surface area contributed by atoms with Crippen LogP contribution >= 0.6 is 23.8 Å². The number of thiocarbonyl (C=S) groups is 1. The fourth-order valence-corrected chi connectivity index (χ4v) is 3.17. The molecular formula is C18H15ClN2O5S. The van der Waals surface area contributed by atoms with E-state index in [-0.39, 0.29) is 17.0 Å². The van der Waals surface area contributed by atoms with Crippen molar-refractivity contribution in [3.05, 3.63) is 68.7 Å². The highest BCUT2D eigenvalue weighted by atomic mass is 35.5. The number of benzene rings is 2. The van der Waals surface area contributed by atoms with Gasteiger partial charge in [-0.05, 0) is 24.3 Å². The van der Waals surface area contributed by atoms with Crippen molar-refractivity contribution in [1.29, 1.82) is 0 Å². The molecule has 0 unspecified atom stereocenters. The van der Waals surface area contributed by atoms with Crippen LogP contribution in [0.4, 0.5) is 5.69 Å². The number of halogens is 1. The average molecular weight is 407 g/mol. The number of carbonyl (C=O) groups excluding carboxylic acids is 1. The van der Waals surface area contributed by atoms with Gasteiger partial charge >= 0.3 is 5.97 Å². The molecule has 2 aromatic rings. The van der Waals surface area contributed by atoms with Gasteiger partial charge in [-0.2, -0.15) is 0 Å². The van der Waals surface area contributed by atoms with Crippen molar-refractivity contribution < 1.29 is 19.2 Å². The molecule has 3 rings (SSSR count). The van der Waals surface area contributed by atoms with Gasteiger partial charge in [-0.15, -0.1) is 0 Å². The van der Waals surface area contributed by atoms with Gasteiger partial charge in [0.15, 0.2) is 0 Å². The van der Waals surface area contributed by atoms with Crippen molar-refractivity contribution in [3.8, 4) is 5.75 Å². The van der Waals surface area contributed by atoms with Crippen LogP contribution in [0.15, 0.2) is 42.5 Å². The lowest BCUT2D eigenvalue weighted by atomic mass is 10.1. The summed E-state index contributed by atoms with van der Waals surface area (Å²) in [5.41, 5.74) is 0.0146. The summed E-state index contributed by atoms with van der Waals surface area (Å²) >= 11 is 11.6. The number of para-hydroxylation sites is 1. The standard InChI is InChI=1S/C18H15ClN2O5S/c19-12-5-6-16(14(11-12)17(27)20-7-9-25-10-8-20)26-18(22)13-3-1-2-4-15(13)21(23)24/h1-6,11H,7-10H2. The summed E-state index contributed by atoms with van der Waals surface area (Å²) in [4.78, 5) is 25.5. The Hall–Kier alpha value is -2.55. The SMILES string of the molecule is O=C(Oc1ccc(Cl)cc1C(=S)N1CCOCC1)c1ccccc1[N+](=O)[O-]. The number of carbonyl (C=O) groups is 1. The average Bonchev–Trinajstić information content (AvgIpc) is 2.69. The van der Waals surface area contributed by atoms with Gasteiger partial charge in [-0.25, -0.2) is 4.79 Å². The van der Waals surface area contributed by atoms with Gasteiger partial charge in [-0.1, -0.05) is 36.0 Å². The van der Waals surface area contributed by atoms with Gasteiger partial charge in [0.2, 0.25) is 0 Å². The van der Waals surface area contributed by atoms with Crippen LogP contribution in [-0.4, -0.2) is 47.1 Å². The molecule has 2 aromatic carbocycles. The van der Waals surface area contributed by atoms with Gasteiger partial charge in [-0.3, -0.25) is 10.1 Å². The van der Waals surface area contributed by atoms with E-state index in [1.165, 1.54) is 30.3 Å². The smallest absolute Gasteiger partial charge is 0.350 e. The molecule has 1 heterocycles. The fourth-order valence-electron chi connectivity index (χ4n) is 2.66. The van der Waals surface area contributed by atoms with Crippen molar-refractivity contribution >= 4 is 40.5 Å². The fraction of sp³-hybridized carbons (Fsp3) is 0.222. The van der Waals surface area contributed by atoms with Gasteiger partial charge in [0.1, 0.15) is 16.3 Å². The van der Waals surface area contributed by atoms with Crippen molar-refractivity contribution in [2.24, 2.45) is 0 Å². The minimum Gasteiger partial charge on any atom is -0.422 e. The summed E-state index contributed by atoms with van der Waals surface area (Å²) in [6, 6.07) is 10.3. The molecule has 9 heteroatoms. The molecule has 0 bridgehead atoms. The third-order valence-corrected chi connectivity index (χ3v) is 4.71. The second kappa shape index (κ2) is 8.43. The Morgan fingerprint density at radius 1 is 1.19 bits per heavy atom. The molecule has 1 aliphatic heterocycles. The molecule has 0 spiro atoms. The predicted molar refractivity (Wildman–Crippen MR) is 104 cm³/mol. The van der Waals surface area contributed by atoms with Crippen LogP contribution in [0, 0.1) is 10.1 Å². The summed E-state index contributed by atoms with van der Waals surface area (Å²) < 4.78 is 10.8. The van der Waals surface area contributed by atoms with E-state index < -0.39 is 10.9 Å². The zero-order valence-electron chi connectivity index (χ0n) is 14.1. The zero-order chi connectivity index (χ0) is 19.4. The first-order valence-corrected chi connectivity index (χ1v) is 8.88. The van der Waals surface area contributed by atoms with Crippen LogP contribution in [0.5, 0.6) is 5.75 Å². The number of ether oxygens (including phenoxy) is 2. The Morgan fingerprint density at radius 3 is 2.59 bits per heavy atom. The summed E-state index contributed by atoms with van der Waals surface area (Å²) in [6.07, 6.45) is 0. The number of nitro benzene ring substituents is 1. The van der Waals surface area contributed by atoms with Crippen LogP contribution in [0.2, 0.25) is 5.02 Å². The van der Waals surface area contributed by atoms with Crippen LogP contribution < -0.4 is 4.74 Å². The Bertz CT molecular complexity index is 899. The van der Waals surface area contributed by atoms with Crippen LogP contribution in [-0.2, 0) is 4.74 Å². The third kappa shape index (κ3) is 4.41. The predicted octanol–water partition coefficient (Wildman–Crippen LogP) is 3.48. The number of hydrogen-bond acceptors (Lipinski definition) is 6. The maximum Gasteiger partial charge on any atom is 0.350 e. The maximum atomic E-state index is 12.5. The molecule has 140 valence electrons. The molecule has 0 saturated carbocycles. The quantitative estimate of drug-likeness (QED) is 0.253. The number of hydrogen-bond donors (Lipinski definition) is 0. The summed E-state index contributed by atoms with van der Waals surface area (Å²) in [7, 11) is 0. The number of nitro groups is 1. The largest absolute Gasteiger partial charge is 0.422 e. The Labute approximate surface area is 165 Å². The first kappa shape index (κ1) is 19.2. The Balaban J connectivity index is 1.90. The van der Waals surface area contributed by atoms with E-state index in [1.54, 1.807) is 12.1 Å². The highest BCUT2D eigenvalue weighted by Gasteiger charge is 2.24. The van der Waals surface area contributed by atoms with E-state index in [0.717, 1.165) is 0 Å². The van der Waals surface area contributed by atoms with Crippen LogP contribution in [0.25, 0.3) is 0 Å². The first-order chi connectivity index (χ1) is 13.0. The zero-order valence-corrected chi connectivity index (χ0v) is 15.7. The molecule has 27 heavy (non-hydrogen) atoms. The third-order valence-electron chi connectivity index (χ3n) is 3.99. The maximum absolute atomic E-state index is 12.5. The van der Waals surface area contributed by atoms with E-state index in [4.69, 9.17) is 33.3 Å². The van der Waals surface area contributed by atoms with Gasteiger partial charge in [0, 0.05) is 24.2 Å². The van der Waals surface area contributed by atoms with E-state index in [2.05, 4.69) is 0 Å². The molecule has 0 radical (unpaired) electrons. The van der Waals surface area contributed by atoms with Gasteiger partial charge < -0.3 is 14.4 Å². The molecule has 0 aliphatic carbocycles. The minimum absolute atomic E-state index is 0.138. The number of esters is 1. The molecule has 0 atom stereocenters. The van der Waals surface area contributed by atoms with Crippen LogP contribution in [0.3, 0.4) is 0 Å². The molecule has 0 N–H and O–H groups in total. The van der Waals surface area contributed by atoms with E-state index in [9.17, 15) is 14.9 Å². The van der Waals surface area contributed by atoms with Crippen molar-refractivity contribution in [2.45, 2.75) is 0 Å². The lowest BCUT2D eigenvalue weighted by molar-refractivity contribution is -0.385. The molecule has 1 saturated heterocycles. The molecule has 0 amide bonds. The first-order valence-electron chi connectivity index (χ1n) is 8.09. The number of morpholine rings is 1. The highest BCUT2D eigenvalue weighted by Crippen LogP contribution is 2.27. The van der Waals surface area contributed by atoms with Gasteiger partial charge in [0.25, 0.3) is 5.69 Å². The monoisotopic (exact) mass is 406 g/mol. The van der Waals surface area contributed by atoms with E-state index in [0.29, 0.717) is 41.9 Å². The van der Waals surface area contributed by atoms with Crippen molar-refractivity contribution in [1.82, 2.24) is 4.90 Å². The number of rotatable bonds is 4. The van der Waals surface area contributed by atoms with Crippen LogP contribution in [0.1, 0.15) is 15.9 Å². The lowest BCUT2D eigenvalue weighted by Crippen LogP contribution is -2.40. The van der Waals surface area contributed by atoms with E-state index in [1.807, 2.05) is 4.90 Å². The summed E-state index contributed by atoms with van der Waals surface area (Å²) in [6.45, 7) is 2.32. The summed E-state index contributed by atoms with van der Waals surface area (Å²) in [5, 5.41) is 11.6. The molecule has 1 aliphatic rings. The highest BCUT2D eigenvalue weighted by molar-refractivity contribution is 7.80. The molecule has 0 aromatic heterocycles. The minimum atomic E-state index is -0.837. The topological polar surface area (TPSA) is 81.9 Å².